The second kappa shape index (κ2) is 5.02. The Morgan fingerprint density at radius 3 is 2.79 bits per heavy atom. The summed E-state index contributed by atoms with van der Waals surface area (Å²) in [6, 6.07) is 13.0. The molecule has 0 aromatic heterocycles. The molecule has 1 aliphatic rings. The summed E-state index contributed by atoms with van der Waals surface area (Å²) in [5.41, 5.74) is 2.56. The molecule has 2 aromatic carbocycles. The van der Waals surface area contributed by atoms with Crippen LogP contribution in [0.5, 0.6) is 0 Å². The van der Waals surface area contributed by atoms with Gasteiger partial charge in [-0.2, -0.15) is 0 Å². The zero-order chi connectivity index (χ0) is 13.4. The van der Waals surface area contributed by atoms with E-state index in [2.05, 4.69) is 33.2 Å². The number of carbonyl (C=O) groups excluding carboxylic acids is 1. The Morgan fingerprint density at radius 2 is 2.00 bits per heavy atom. The molecular weight excluding hydrogens is 375 g/mol. The molecule has 0 bridgehead atoms. The van der Waals surface area contributed by atoms with E-state index in [1.807, 2.05) is 42.5 Å². The third-order valence-electron chi connectivity index (χ3n) is 3.02. The summed E-state index contributed by atoms with van der Waals surface area (Å²) >= 11 is 8.38. The van der Waals surface area contributed by atoms with Gasteiger partial charge in [-0.1, -0.05) is 29.8 Å². The van der Waals surface area contributed by atoms with Crippen LogP contribution in [-0.2, 0) is 4.79 Å². The van der Waals surface area contributed by atoms with E-state index in [0.717, 1.165) is 20.5 Å². The molecular formula is C14H10ClIN2O. The molecule has 5 heteroatoms. The van der Waals surface area contributed by atoms with Crippen molar-refractivity contribution in [2.75, 3.05) is 10.6 Å². The van der Waals surface area contributed by atoms with Gasteiger partial charge < -0.3 is 10.6 Å². The second-order valence-electron chi connectivity index (χ2n) is 4.28. The lowest BCUT2D eigenvalue weighted by atomic mass is 10.1. The first-order valence-corrected chi connectivity index (χ1v) is 7.22. The molecule has 1 heterocycles. The number of benzene rings is 2. The number of hydrogen-bond acceptors (Lipinski definition) is 2. The number of anilines is 2. The Morgan fingerprint density at radius 1 is 1.21 bits per heavy atom. The summed E-state index contributed by atoms with van der Waals surface area (Å²) in [5, 5.41) is 6.66. The Bertz CT molecular complexity index is 660. The smallest absolute Gasteiger partial charge is 0.251 e. The lowest BCUT2D eigenvalue weighted by molar-refractivity contribution is -0.116. The minimum absolute atomic E-state index is 0.0594. The van der Waals surface area contributed by atoms with Crippen LogP contribution < -0.4 is 10.6 Å². The molecule has 1 amide bonds. The highest BCUT2D eigenvalue weighted by molar-refractivity contribution is 14.1. The molecule has 1 atom stereocenters. The number of hydrogen-bond donors (Lipinski definition) is 2. The quantitative estimate of drug-likeness (QED) is 0.767. The maximum Gasteiger partial charge on any atom is 0.251 e. The summed E-state index contributed by atoms with van der Waals surface area (Å²) in [6.45, 7) is 0. The minimum atomic E-state index is -0.395. The average Bonchev–Trinajstić information content (AvgIpc) is 2.69. The van der Waals surface area contributed by atoms with Crippen molar-refractivity contribution in [2.45, 2.75) is 6.04 Å². The van der Waals surface area contributed by atoms with Crippen molar-refractivity contribution in [3.8, 4) is 0 Å². The van der Waals surface area contributed by atoms with Crippen LogP contribution in [0.25, 0.3) is 0 Å². The van der Waals surface area contributed by atoms with E-state index in [9.17, 15) is 4.79 Å². The highest BCUT2D eigenvalue weighted by atomic mass is 127. The molecule has 0 fully saturated rings. The topological polar surface area (TPSA) is 41.1 Å². The van der Waals surface area contributed by atoms with Crippen molar-refractivity contribution in [3.05, 3.63) is 56.6 Å². The van der Waals surface area contributed by atoms with Crippen molar-refractivity contribution in [2.24, 2.45) is 0 Å². The second-order valence-corrected chi connectivity index (χ2v) is 5.93. The first-order valence-electron chi connectivity index (χ1n) is 5.76. The number of nitrogens with one attached hydrogen (secondary N) is 2. The molecule has 3 nitrogen and oxygen atoms in total. The Hall–Kier alpha value is -1.27. The van der Waals surface area contributed by atoms with Crippen LogP contribution >= 0.6 is 34.2 Å². The highest BCUT2D eigenvalue weighted by Crippen LogP contribution is 2.35. The molecule has 0 spiro atoms. The molecule has 0 saturated heterocycles. The van der Waals surface area contributed by atoms with Crippen molar-refractivity contribution in [3.63, 3.8) is 0 Å². The zero-order valence-corrected chi connectivity index (χ0v) is 12.7. The predicted octanol–water partition coefficient (Wildman–Crippen LogP) is 4.05. The fourth-order valence-electron chi connectivity index (χ4n) is 2.11. The van der Waals surface area contributed by atoms with E-state index in [1.54, 1.807) is 0 Å². The van der Waals surface area contributed by atoms with Gasteiger partial charge in [0.1, 0.15) is 6.04 Å². The van der Waals surface area contributed by atoms with Gasteiger partial charge in [-0.3, -0.25) is 4.79 Å². The molecule has 0 aliphatic carbocycles. The van der Waals surface area contributed by atoms with Crippen LogP contribution in [0.3, 0.4) is 0 Å². The Labute approximate surface area is 129 Å². The minimum Gasteiger partial charge on any atom is -0.369 e. The van der Waals surface area contributed by atoms with Crippen LogP contribution in [0.2, 0.25) is 5.02 Å². The molecule has 2 N–H and O–H groups in total. The van der Waals surface area contributed by atoms with Crippen molar-refractivity contribution in [1.82, 2.24) is 0 Å². The van der Waals surface area contributed by atoms with Crippen LogP contribution in [0, 0.1) is 3.57 Å². The number of carbonyl (C=O) groups is 1. The monoisotopic (exact) mass is 384 g/mol. The van der Waals surface area contributed by atoms with Crippen molar-refractivity contribution < 1.29 is 4.79 Å². The molecule has 0 radical (unpaired) electrons. The summed E-state index contributed by atoms with van der Waals surface area (Å²) in [6.07, 6.45) is 0. The first-order chi connectivity index (χ1) is 9.15. The van der Waals surface area contributed by atoms with Crippen LogP contribution in [0.1, 0.15) is 11.6 Å². The summed E-state index contributed by atoms with van der Waals surface area (Å²) in [4.78, 5) is 12.0. The number of fused-ring (bicyclic) bond motifs is 1. The molecule has 1 aliphatic heterocycles. The Balaban J connectivity index is 1.93. The van der Waals surface area contributed by atoms with Gasteiger partial charge in [0.2, 0.25) is 0 Å². The van der Waals surface area contributed by atoms with Gasteiger partial charge >= 0.3 is 0 Å². The molecule has 0 saturated carbocycles. The zero-order valence-electron chi connectivity index (χ0n) is 9.78. The number of para-hydroxylation sites is 1. The van der Waals surface area contributed by atoms with Crippen LogP contribution in [0.15, 0.2) is 42.5 Å². The predicted molar refractivity (Wildman–Crippen MR) is 85.6 cm³/mol. The molecule has 1 unspecified atom stereocenters. The van der Waals surface area contributed by atoms with Gasteiger partial charge in [-0.25, -0.2) is 0 Å². The van der Waals surface area contributed by atoms with Gasteiger partial charge in [0, 0.05) is 14.8 Å². The van der Waals surface area contributed by atoms with Gasteiger partial charge in [0.15, 0.2) is 0 Å². The molecule has 96 valence electrons. The lowest BCUT2D eigenvalue weighted by Gasteiger charge is -2.14. The van der Waals surface area contributed by atoms with E-state index in [-0.39, 0.29) is 5.91 Å². The maximum atomic E-state index is 12.0. The molecule has 19 heavy (non-hydrogen) atoms. The maximum absolute atomic E-state index is 12.0. The van der Waals surface area contributed by atoms with Crippen LogP contribution in [0.4, 0.5) is 11.4 Å². The van der Waals surface area contributed by atoms with E-state index >= 15 is 0 Å². The third-order valence-corrected chi connectivity index (χ3v) is 4.01. The normalized spacial score (nSPS) is 16.9. The van der Waals surface area contributed by atoms with Gasteiger partial charge in [-0.15, -0.1) is 0 Å². The SMILES string of the molecule is O=C1Nc2ccccc2C1Nc1ccc(I)cc1Cl. The summed E-state index contributed by atoms with van der Waals surface area (Å²) < 4.78 is 1.06. The fraction of sp³-hybridized carbons (Fsp3) is 0.0714. The average molecular weight is 385 g/mol. The Kier molecular flexibility index (Phi) is 3.36. The van der Waals surface area contributed by atoms with E-state index < -0.39 is 6.04 Å². The summed E-state index contributed by atoms with van der Waals surface area (Å²) in [7, 11) is 0. The number of halogens is 2. The third kappa shape index (κ3) is 2.42. The van der Waals surface area contributed by atoms with Crippen LogP contribution in [-0.4, -0.2) is 5.91 Å². The standard InChI is InChI=1S/C14H10ClIN2O/c15-10-7-8(16)5-6-12(10)17-13-9-3-1-2-4-11(9)18-14(13)19/h1-7,13,17H,(H,18,19). The van der Waals surface area contributed by atoms with Gasteiger partial charge in [0.05, 0.1) is 10.7 Å². The van der Waals surface area contributed by atoms with Gasteiger partial charge in [0.25, 0.3) is 5.91 Å². The fourth-order valence-corrected chi connectivity index (χ4v) is 3.02. The molecule has 3 rings (SSSR count). The van der Waals surface area contributed by atoms with Crippen molar-refractivity contribution in [1.29, 1.82) is 0 Å². The van der Waals surface area contributed by atoms with Gasteiger partial charge in [-0.05, 0) is 46.9 Å². The highest BCUT2D eigenvalue weighted by Gasteiger charge is 2.30. The first kappa shape index (κ1) is 12.7. The van der Waals surface area contributed by atoms with Crippen molar-refractivity contribution >= 4 is 51.5 Å². The lowest BCUT2D eigenvalue weighted by Crippen LogP contribution is -2.19. The molecule has 2 aromatic rings. The summed E-state index contributed by atoms with van der Waals surface area (Å²) in [5.74, 6) is -0.0594. The van der Waals surface area contributed by atoms with E-state index in [1.165, 1.54) is 0 Å². The van der Waals surface area contributed by atoms with E-state index in [4.69, 9.17) is 11.6 Å². The number of amides is 1. The number of rotatable bonds is 2. The largest absolute Gasteiger partial charge is 0.369 e. The van der Waals surface area contributed by atoms with E-state index in [0.29, 0.717) is 5.02 Å².